The molecule has 146 valence electrons. The Morgan fingerprint density at radius 3 is 2.64 bits per heavy atom. The molecule has 5 nitrogen and oxygen atoms in total. The highest BCUT2D eigenvalue weighted by molar-refractivity contribution is 7.07. The number of nitrogens with zero attached hydrogens (tertiary/aromatic N) is 2. The zero-order valence-electron chi connectivity index (χ0n) is 15.9. The average molecular weight is 399 g/mol. The van der Waals surface area contributed by atoms with Crippen molar-refractivity contribution in [1.82, 2.24) is 15.6 Å². The van der Waals surface area contributed by atoms with Crippen LogP contribution in [0.4, 0.5) is 4.39 Å². The molecule has 3 aromatic rings. The first-order valence-electron chi connectivity index (χ1n) is 8.99. The maximum absolute atomic E-state index is 12.9. The Bertz CT molecular complexity index is 880. The number of hydrogen-bond donors (Lipinski definition) is 2. The van der Waals surface area contributed by atoms with Gasteiger partial charge in [0.1, 0.15) is 11.6 Å². The second-order valence-corrected chi connectivity index (χ2v) is 7.11. The maximum Gasteiger partial charge on any atom is 0.219 e. The van der Waals surface area contributed by atoms with Gasteiger partial charge < -0.3 is 15.4 Å². The van der Waals surface area contributed by atoms with Gasteiger partial charge in [0.2, 0.25) is 5.88 Å². The van der Waals surface area contributed by atoms with Crippen molar-refractivity contribution in [3.63, 3.8) is 0 Å². The third-order valence-corrected chi connectivity index (χ3v) is 4.91. The van der Waals surface area contributed by atoms with Gasteiger partial charge in [-0.1, -0.05) is 13.0 Å². The van der Waals surface area contributed by atoms with E-state index in [0.29, 0.717) is 24.1 Å². The number of thiophene rings is 1. The Hall–Kier alpha value is -2.93. The van der Waals surface area contributed by atoms with E-state index in [-0.39, 0.29) is 5.82 Å². The number of nitrogens with one attached hydrogen (secondary N) is 2. The molecule has 0 spiro atoms. The van der Waals surface area contributed by atoms with Crippen molar-refractivity contribution in [2.45, 2.75) is 19.4 Å². The molecule has 2 heterocycles. The van der Waals surface area contributed by atoms with Gasteiger partial charge in [-0.3, -0.25) is 4.99 Å². The van der Waals surface area contributed by atoms with Crippen LogP contribution < -0.4 is 15.4 Å². The molecular weight excluding hydrogens is 375 g/mol. The smallest absolute Gasteiger partial charge is 0.219 e. The van der Waals surface area contributed by atoms with Gasteiger partial charge in [0.05, 0.1) is 0 Å². The molecule has 1 aromatic carbocycles. The molecule has 1 atom stereocenters. The predicted molar refractivity (Wildman–Crippen MR) is 112 cm³/mol. The minimum absolute atomic E-state index is 0.298. The van der Waals surface area contributed by atoms with Crippen LogP contribution in [-0.2, 0) is 6.54 Å². The number of guanidine groups is 1. The van der Waals surface area contributed by atoms with Crippen LogP contribution in [0.2, 0.25) is 0 Å². The molecule has 0 saturated carbocycles. The van der Waals surface area contributed by atoms with Crippen LogP contribution in [0.5, 0.6) is 11.6 Å². The SMILES string of the molecule is CN=C(NCc1ccc(Oc2ccc(F)cc2)nc1)NCC(C)c1ccsc1. The highest BCUT2D eigenvalue weighted by Gasteiger charge is 2.07. The van der Waals surface area contributed by atoms with Crippen molar-refractivity contribution < 1.29 is 9.13 Å². The molecule has 0 bridgehead atoms. The second kappa shape index (κ2) is 9.85. The molecule has 1 unspecified atom stereocenters. The minimum Gasteiger partial charge on any atom is -0.439 e. The van der Waals surface area contributed by atoms with Crippen molar-refractivity contribution >= 4 is 17.3 Å². The van der Waals surface area contributed by atoms with E-state index >= 15 is 0 Å². The molecule has 7 heteroatoms. The second-order valence-electron chi connectivity index (χ2n) is 6.33. The topological polar surface area (TPSA) is 58.5 Å². The lowest BCUT2D eigenvalue weighted by atomic mass is 10.1. The van der Waals surface area contributed by atoms with E-state index in [1.54, 1.807) is 42.8 Å². The average Bonchev–Trinajstić information content (AvgIpc) is 3.26. The third kappa shape index (κ3) is 5.79. The van der Waals surface area contributed by atoms with Crippen LogP contribution in [0.25, 0.3) is 0 Å². The molecule has 0 aliphatic carbocycles. The summed E-state index contributed by atoms with van der Waals surface area (Å²) in [6.07, 6.45) is 1.74. The van der Waals surface area contributed by atoms with Gasteiger partial charge in [-0.25, -0.2) is 9.37 Å². The lowest BCUT2D eigenvalue weighted by molar-refractivity contribution is 0.461. The quantitative estimate of drug-likeness (QED) is 0.453. The number of pyridine rings is 1. The maximum atomic E-state index is 12.9. The highest BCUT2D eigenvalue weighted by atomic mass is 32.1. The first-order valence-corrected chi connectivity index (χ1v) is 9.93. The number of aromatic nitrogens is 1. The Balaban J connectivity index is 1.47. The summed E-state index contributed by atoms with van der Waals surface area (Å²) in [6.45, 7) is 3.58. The van der Waals surface area contributed by atoms with E-state index in [1.807, 2.05) is 6.07 Å². The Morgan fingerprint density at radius 1 is 1.18 bits per heavy atom. The van der Waals surface area contributed by atoms with E-state index in [9.17, 15) is 4.39 Å². The summed E-state index contributed by atoms with van der Waals surface area (Å²) >= 11 is 1.71. The number of rotatable bonds is 7. The Morgan fingerprint density at radius 2 is 2.00 bits per heavy atom. The fourth-order valence-corrected chi connectivity index (χ4v) is 3.31. The summed E-state index contributed by atoms with van der Waals surface area (Å²) in [6, 6.07) is 11.7. The van der Waals surface area contributed by atoms with Crippen LogP contribution in [-0.4, -0.2) is 24.5 Å². The van der Waals surface area contributed by atoms with Crippen LogP contribution in [0.3, 0.4) is 0 Å². The van der Waals surface area contributed by atoms with Gasteiger partial charge in [-0.2, -0.15) is 11.3 Å². The summed E-state index contributed by atoms with van der Waals surface area (Å²) in [7, 11) is 1.75. The zero-order chi connectivity index (χ0) is 19.8. The van der Waals surface area contributed by atoms with Gasteiger partial charge >= 0.3 is 0 Å². The van der Waals surface area contributed by atoms with Crippen molar-refractivity contribution in [3.05, 3.63) is 76.4 Å². The van der Waals surface area contributed by atoms with E-state index in [4.69, 9.17) is 4.74 Å². The summed E-state index contributed by atoms with van der Waals surface area (Å²) in [4.78, 5) is 8.55. The first-order chi connectivity index (χ1) is 13.6. The summed E-state index contributed by atoms with van der Waals surface area (Å²) in [5.41, 5.74) is 2.33. The predicted octanol–water partition coefficient (Wildman–Crippen LogP) is 4.54. The number of aliphatic imine (C=N–C) groups is 1. The number of hydrogen-bond acceptors (Lipinski definition) is 4. The van der Waals surface area contributed by atoms with Gasteiger partial charge in [0.15, 0.2) is 5.96 Å². The van der Waals surface area contributed by atoms with E-state index < -0.39 is 0 Å². The van der Waals surface area contributed by atoms with Crippen molar-refractivity contribution in [2.24, 2.45) is 4.99 Å². The van der Waals surface area contributed by atoms with Crippen molar-refractivity contribution in [1.29, 1.82) is 0 Å². The van der Waals surface area contributed by atoms with Crippen LogP contribution in [0, 0.1) is 5.82 Å². The standard InChI is InChI=1S/C21H23FN4OS/c1-15(17-9-10-28-14-17)11-25-21(23-2)26-13-16-3-8-20(24-12-16)27-19-6-4-18(22)5-7-19/h3-10,12,14-15H,11,13H2,1-2H3,(H2,23,25,26). The summed E-state index contributed by atoms with van der Waals surface area (Å²) in [5.74, 6) is 1.86. The lowest BCUT2D eigenvalue weighted by Gasteiger charge is -2.15. The fraction of sp³-hybridized carbons (Fsp3) is 0.238. The molecule has 0 radical (unpaired) electrons. The molecule has 0 aliphatic rings. The fourth-order valence-electron chi connectivity index (χ4n) is 2.53. The molecule has 2 aromatic heterocycles. The first kappa shape index (κ1) is 19.8. The summed E-state index contributed by atoms with van der Waals surface area (Å²) < 4.78 is 18.5. The minimum atomic E-state index is -0.298. The van der Waals surface area contributed by atoms with Gasteiger partial charge in [0, 0.05) is 32.4 Å². The van der Waals surface area contributed by atoms with Crippen molar-refractivity contribution in [3.8, 4) is 11.6 Å². The number of benzene rings is 1. The van der Waals surface area contributed by atoms with Crippen molar-refractivity contribution in [2.75, 3.05) is 13.6 Å². The number of ether oxygens (including phenoxy) is 1. The van der Waals surface area contributed by atoms with Gasteiger partial charge in [0.25, 0.3) is 0 Å². The zero-order valence-corrected chi connectivity index (χ0v) is 16.7. The molecule has 0 aliphatic heterocycles. The molecular formula is C21H23FN4OS. The third-order valence-electron chi connectivity index (χ3n) is 4.21. The van der Waals surface area contributed by atoms with Crippen LogP contribution in [0.15, 0.2) is 64.4 Å². The molecule has 2 N–H and O–H groups in total. The van der Waals surface area contributed by atoms with Crippen LogP contribution in [0.1, 0.15) is 24.0 Å². The molecule has 0 saturated heterocycles. The molecule has 0 amide bonds. The van der Waals surface area contributed by atoms with E-state index in [0.717, 1.165) is 18.1 Å². The Labute approximate surface area is 168 Å². The number of halogens is 1. The molecule has 28 heavy (non-hydrogen) atoms. The monoisotopic (exact) mass is 398 g/mol. The van der Waals surface area contributed by atoms with Crippen LogP contribution >= 0.6 is 11.3 Å². The largest absolute Gasteiger partial charge is 0.439 e. The van der Waals surface area contributed by atoms with Gasteiger partial charge in [-0.05, 0) is 58.1 Å². The summed E-state index contributed by atoms with van der Waals surface area (Å²) in [5, 5.41) is 10.9. The van der Waals surface area contributed by atoms with Gasteiger partial charge in [-0.15, -0.1) is 0 Å². The molecule has 3 rings (SSSR count). The van der Waals surface area contributed by atoms with E-state index in [1.165, 1.54) is 17.7 Å². The molecule has 0 fully saturated rings. The van der Waals surface area contributed by atoms with E-state index in [2.05, 4.69) is 44.4 Å². The highest BCUT2D eigenvalue weighted by Crippen LogP contribution is 2.19. The Kier molecular flexibility index (Phi) is 6.97. The lowest BCUT2D eigenvalue weighted by Crippen LogP contribution is -2.38. The normalized spacial score (nSPS) is 12.5.